The van der Waals surface area contributed by atoms with E-state index in [1.807, 2.05) is 19.1 Å². The summed E-state index contributed by atoms with van der Waals surface area (Å²) in [6.45, 7) is 3.25. The average molecular weight is 480 g/mol. The second-order valence-electron chi connectivity index (χ2n) is 10.9. The number of hydrogen-bond acceptors (Lipinski definition) is 7. The minimum Gasteiger partial charge on any atom is -0.355 e. The molecule has 7 rings (SSSR count). The number of halogens is 3. The van der Waals surface area contributed by atoms with Crippen molar-refractivity contribution in [3.63, 3.8) is 0 Å². The van der Waals surface area contributed by atoms with Crippen molar-refractivity contribution >= 4 is 16.7 Å². The molecular formula is C24H23F3N8. The van der Waals surface area contributed by atoms with Crippen LogP contribution in [0.4, 0.5) is 19.0 Å². The third kappa shape index (κ3) is 3.08. The monoisotopic (exact) mass is 480 g/mol. The van der Waals surface area contributed by atoms with E-state index in [0.717, 1.165) is 41.7 Å². The topological polar surface area (TPSA) is 86.8 Å². The largest absolute Gasteiger partial charge is 0.401 e. The lowest BCUT2D eigenvalue weighted by Crippen LogP contribution is -2.73. The van der Waals surface area contributed by atoms with E-state index in [0.29, 0.717) is 37.8 Å². The summed E-state index contributed by atoms with van der Waals surface area (Å²) in [6, 6.07) is 6.37. The quantitative estimate of drug-likeness (QED) is 0.567. The molecule has 3 aromatic rings. The minimum atomic E-state index is -4.16. The van der Waals surface area contributed by atoms with Gasteiger partial charge in [-0.2, -0.15) is 23.5 Å². The molecule has 0 unspecified atom stereocenters. The second-order valence-corrected chi connectivity index (χ2v) is 10.9. The summed E-state index contributed by atoms with van der Waals surface area (Å²) < 4.78 is 39.7. The van der Waals surface area contributed by atoms with E-state index in [1.165, 1.54) is 4.90 Å². The fourth-order valence-corrected chi connectivity index (χ4v) is 6.33. The van der Waals surface area contributed by atoms with Crippen LogP contribution in [0.2, 0.25) is 0 Å². The molecule has 8 nitrogen and oxygen atoms in total. The van der Waals surface area contributed by atoms with Crippen molar-refractivity contribution in [3.8, 4) is 11.9 Å². The molecule has 0 N–H and O–H groups in total. The lowest BCUT2D eigenvalue weighted by atomic mass is 9.73. The second kappa shape index (κ2) is 6.49. The normalized spacial score (nSPS) is 26.0. The first-order valence-electron chi connectivity index (χ1n) is 11.8. The van der Waals surface area contributed by atoms with E-state index < -0.39 is 18.1 Å². The van der Waals surface area contributed by atoms with Crippen LogP contribution in [-0.4, -0.2) is 68.5 Å². The highest BCUT2D eigenvalue weighted by atomic mass is 19.4. The molecule has 2 saturated heterocycles. The maximum Gasteiger partial charge on any atom is 0.401 e. The molecule has 4 aliphatic rings. The Morgan fingerprint density at radius 3 is 2.46 bits per heavy atom. The van der Waals surface area contributed by atoms with Gasteiger partial charge in [-0.1, -0.05) is 0 Å². The van der Waals surface area contributed by atoms with Crippen LogP contribution in [0, 0.1) is 29.1 Å². The lowest BCUT2D eigenvalue weighted by Gasteiger charge is -2.60. The molecule has 180 valence electrons. The first-order valence-corrected chi connectivity index (χ1v) is 11.8. The van der Waals surface area contributed by atoms with Gasteiger partial charge < -0.3 is 4.90 Å². The molecule has 1 atom stereocenters. The standard InChI is InChI=1S/C24H23F3N8/c1-15-31-19(34-12-21(13-34)10-33(11-21)14-24(25,26)27)5-20(32-15)35-17-4-18(29-6-16(17)7-30-35)23(9-28)8-22(23)2-3-22/h4-7H,2-3,8,10-14H2,1H3/t23-/m0/s1. The predicted octanol–water partition coefficient (Wildman–Crippen LogP) is 3.15. The van der Waals surface area contributed by atoms with E-state index in [9.17, 15) is 18.4 Å². The maximum absolute atomic E-state index is 12.6. The number of nitrogens with zero attached hydrogens (tertiary/aromatic N) is 8. The predicted molar refractivity (Wildman–Crippen MR) is 120 cm³/mol. The Bertz CT molecular complexity index is 1400. The molecule has 35 heavy (non-hydrogen) atoms. The van der Waals surface area contributed by atoms with Gasteiger partial charge in [0.25, 0.3) is 0 Å². The third-order valence-electron chi connectivity index (χ3n) is 8.24. The van der Waals surface area contributed by atoms with Crippen molar-refractivity contribution in [2.75, 3.05) is 37.6 Å². The Morgan fingerprint density at radius 2 is 1.80 bits per heavy atom. The molecule has 5 heterocycles. The van der Waals surface area contributed by atoms with Gasteiger partial charge in [-0.3, -0.25) is 9.88 Å². The first kappa shape index (κ1) is 21.1. The van der Waals surface area contributed by atoms with Gasteiger partial charge in [-0.25, -0.2) is 14.6 Å². The highest BCUT2D eigenvalue weighted by Gasteiger charge is 2.76. The zero-order chi connectivity index (χ0) is 24.2. The van der Waals surface area contributed by atoms with Crippen molar-refractivity contribution in [3.05, 3.63) is 36.0 Å². The summed E-state index contributed by atoms with van der Waals surface area (Å²) in [5.41, 5.74) is 1.20. The Balaban J connectivity index is 1.15. The summed E-state index contributed by atoms with van der Waals surface area (Å²) in [6.07, 6.45) is 2.40. The Hall–Kier alpha value is -3.26. The molecule has 2 saturated carbocycles. The summed E-state index contributed by atoms with van der Waals surface area (Å²) in [5.74, 6) is 1.96. The highest BCUT2D eigenvalue weighted by molar-refractivity contribution is 5.80. The van der Waals surface area contributed by atoms with Crippen LogP contribution in [0.15, 0.2) is 24.5 Å². The first-order chi connectivity index (χ1) is 16.6. The lowest BCUT2D eigenvalue weighted by molar-refractivity contribution is -0.172. The minimum absolute atomic E-state index is 0.0854. The van der Waals surface area contributed by atoms with Crippen LogP contribution in [0.3, 0.4) is 0 Å². The van der Waals surface area contributed by atoms with Crippen LogP contribution in [-0.2, 0) is 5.41 Å². The van der Waals surface area contributed by atoms with Gasteiger partial charge in [0.1, 0.15) is 17.1 Å². The molecule has 0 amide bonds. The SMILES string of the molecule is Cc1nc(N2CC3(CN(CC(F)(F)F)C3)C2)cc(-n2ncc3cnc([C@@]4(C#N)CC45CC5)cc32)n1. The number of hydrogen-bond donors (Lipinski definition) is 0. The molecule has 0 bridgehead atoms. The summed E-state index contributed by atoms with van der Waals surface area (Å²) in [4.78, 5) is 17.3. The summed E-state index contributed by atoms with van der Waals surface area (Å²) in [7, 11) is 0. The van der Waals surface area contributed by atoms with Crippen LogP contribution in [0.25, 0.3) is 16.7 Å². The number of anilines is 1. The molecule has 2 aliphatic carbocycles. The van der Waals surface area contributed by atoms with Gasteiger partial charge in [0.05, 0.1) is 30.0 Å². The highest BCUT2D eigenvalue weighted by Crippen LogP contribution is 2.78. The number of likely N-dealkylation sites (tertiary alicyclic amines) is 1. The number of nitriles is 1. The molecule has 11 heteroatoms. The maximum atomic E-state index is 12.6. The number of fused-ring (bicyclic) bond motifs is 1. The molecular weight excluding hydrogens is 457 g/mol. The number of aromatic nitrogens is 5. The van der Waals surface area contributed by atoms with Gasteiger partial charge in [0.2, 0.25) is 0 Å². The van der Waals surface area contributed by atoms with Crippen molar-refractivity contribution in [1.82, 2.24) is 29.6 Å². The van der Waals surface area contributed by atoms with Gasteiger partial charge in [-0.05, 0) is 37.7 Å². The molecule has 3 aromatic heterocycles. The summed E-state index contributed by atoms with van der Waals surface area (Å²) in [5, 5.41) is 15.3. The fraction of sp³-hybridized carbons (Fsp3) is 0.542. The van der Waals surface area contributed by atoms with E-state index in [1.54, 1.807) is 17.1 Å². The van der Waals surface area contributed by atoms with Gasteiger partial charge in [-0.15, -0.1) is 0 Å². The van der Waals surface area contributed by atoms with Gasteiger partial charge in [0.15, 0.2) is 5.82 Å². The molecule has 0 aromatic carbocycles. The average Bonchev–Trinajstić information content (AvgIpc) is 3.62. The Kier molecular flexibility index (Phi) is 3.90. The van der Waals surface area contributed by atoms with Crippen molar-refractivity contribution in [2.24, 2.45) is 10.8 Å². The van der Waals surface area contributed by atoms with E-state index >= 15 is 0 Å². The number of aryl methyl sites for hydroxylation is 1. The number of alkyl halides is 3. The zero-order valence-electron chi connectivity index (χ0n) is 19.2. The van der Waals surface area contributed by atoms with E-state index in [-0.39, 0.29) is 10.8 Å². The van der Waals surface area contributed by atoms with Crippen LogP contribution >= 0.6 is 0 Å². The van der Waals surface area contributed by atoms with Crippen LogP contribution < -0.4 is 4.90 Å². The zero-order valence-corrected chi connectivity index (χ0v) is 19.2. The molecule has 0 radical (unpaired) electrons. The van der Waals surface area contributed by atoms with E-state index in [4.69, 9.17) is 0 Å². The molecule has 2 aliphatic heterocycles. The number of rotatable bonds is 4. The Morgan fingerprint density at radius 1 is 1.06 bits per heavy atom. The van der Waals surface area contributed by atoms with Gasteiger partial charge >= 0.3 is 6.18 Å². The van der Waals surface area contributed by atoms with Crippen molar-refractivity contribution in [1.29, 1.82) is 5.26 Å². The molecule has 4 fully saturated rings. The van der Waals surface area contributed by atoms with Crippen molar-refractivity contribution in [2.45, 2.75) is 37.8 Å². The smallest absolute Gasteiger partial charge is 0.355 e. The van der Waals surface area contributed by atoms with E-state index in [2.05, 4.69) is 31.0 Å². The summed E-state index contributed by atoms with van der Waals surface area (Å²) >= 11 is 0. The fourth-order valence-electron chi connectivity index (χ4n) is 6.33. The molecule has 2 spiro atoms. The number of pyridine rings is 1. The van der Waals surface area contributed by atoms with Crippen molar-refractivity contribution < 1.29 is 13.2 Å². The third-order valence-corrected chi connectivity index (χ3v) is 8.24. The van der Waals surface area contributed by atoms with Crippen LogP contribution in [0.5, 0.6) is 0 Å². The van der Waals surface area contributed by atoms with Gasteiger partial charge in [0, 0.05) is 49.2 Å². The Labute approximate surface area is 199 Å². The van der Waals surface area contributed by atoms with Crippen LogP contribution in [0.1, 0.15) is 30.8 Å².